The molecule has 1 fully saturated rings. The van der Waals surface area contributed by atoms with Crippen molar-refractivity contribution >= 4 is 34.8 Å². The number of anilines is 2. The number of benzene rings is 1. The van der Waals surface area contributed by atoms with Gasteiger partial charge in [0.1, 0.15) is 5.82 Å². The number of rotatable bonds is 3. The Hall–Kier alpha value is -1.49. The first-order valence-corrected chi connectivity index (χ1v) is 7.57. The predicted octanol–water partition coefficient (Wildman–Crippen LogP) is 3.67. The normalized spacial score (nSPS) is 18.0. The standard InChI is InChI=1S/C15H16Cl2N4/c16-12-8-13(17)15(19-14(12)20-18)21-7-6-11(9-21)10-4-2-1-3-5-10/h1-5,8,11H,6-7,9,18H2,(H,19,20). The largest absolute Gasteiger partial charge is 0.355 e. The lowest BCUT2D eigenvalue weighted by atomic mass is 9.99. The summed E-state index contributed by atoms with van der Waals surface area (Å²) in [4.78, 5) is 6.60. The molecule has 1 aromatic carbocycles. The van der Waals surface area contributed by atoms with E-state index in [1.165, 1.54) is 5.56 Å². The smallest absolute Gasteiger partial charge is 0.161 e. The fraction of sp³-hybridized carbons (Fsp3) is 0.267. The fourth-order valence-electron chi connectivity index (χ4n) is 2.73. The Morgan fingerprint density at radius 3 is 2.67 bits per heavy atom. The molecule has 3 rings (SSSR count). The molecule has 0 amide bonds. The Morgan fingerprint density at radius 1 is 1.19 bits per heavy atom. The lowest BCUT2D eigenvalue weighted by Crippen LogP contribution is -2.22. The van der Waals surface area contributed by atoms with Crippen LogP contribution in [0.25, 0.3) is 0 Å². The first kappa shape index (κ1) is 14.4. The number of halogens is 2. The third-order valence-corrected chi connectivity index (χ3v) is 4.37. The zero-order valence-electron chi connectivity index (χ0n) is 11.4. The number of nitrogen functional groups attached to an aromatic ring is 1. The van der Waals surface area contributed by atoms with Gasteiger partial charge in [0, 0.05) is 19.0 Å². The Balaban J connectivity index is 1.83. The van der Waals surface area contributed by atoms with E-state index >= 15 is 0 Å². The molecule has 3 N–H and O–H groups in total. The molecule has 1 aliphatic heterocycles. The Morgan fingerprint density at radius 2 is 1.95 bits per heavy atom. The number of hydrogen-bond donors (Lipinski definition) is 2. The highest BCUT2D eigenvalue weighted by atomic mass is 35.5. The minimum atomic E-state index is 0.421. The molecule has 110 valence electrons. The summed E-state index contributed by atoms with van der Waals surface area (Å²) in [6, 6.07) is 12.2. The second-order valence-electron chi connectivity index (χ2n) is 5.11. The number of nitrogens with one attached hydrogen (secondary N) is 1. The molecule has 21 heavy (non-hydrogen) atoms. The first-order chi connectivity index (χ1) is 10.2. The van der Waals surface area contributed by atoms with Crippen LogP contribution in [0.1, 0.15) is 17.9 Å². The summed E-state index contributed by atoms with van der Waals surface area (Å²) in [7, 11) is 0. The monoisotopic (exact) mass is 322 g/mol. The summed E-state index contributed by atoms with van der Waals surface area (Å²) in [6.45, 7) is 1.81. The second-order valence-corrected chi connectivity index (χ2v) is 5.93. The van der Waals surface area contributed by atoms with Crippen molar-refractivity contribution in [2.45, 2.75) is 12.3 Å². The maximum absolute atomic E-state index is 6.28. The van der Waals surface area contributed by atoms with E-state index in [1.54, 1.807) is 6.07 Å². The molecule has 0 spiro atoms. The topological polar surface area (TPSA) is 54.2 Å². The molecule has 1 aliphatic rings. The quantitative estimate of drug-likeness (QED) is 0.668. The minimum Gasteiger partial charge on any atom is -0.355 e. The van der Waals surface area contributed by atoms with Gasteiger partial charge in [0.05, 0.1) is 10.0 Å². The molecule has 4 nitrogen and oxygen atoms in total. The van der Waals surface area contributed by atoms with Crippen LogP contribution in [0.5, 0.6) is 0 Å². The van der Waals surface area contributed by atoms with E-state index in [2.05, 4.69) is 39.6 Å². The van der Waals surface area contributed by atoms with E-state index in [0.717, 1.165) is 25.3 Å². The van der Waals surface area contributed by atoms with Crippen molar-refractivity contribution in [2.75, 3.05) is 23.4 Å². The van der Waals surface area contributed by atoms with Gasteiger partial charge in [0.15, 0.2) is 5.82 Å². The van der Waals surface area contributed by atoms with Crippen molar-refractivity contribution in [3.63, 3.8) is 0 Å². The molecular formula is C15H16Cl2N4. The van der Waals surface area contributed by atoms with Crippen LogP contribution < -0.4 is 16.2 Å². The summed E-state index contributed by atoms with van der Waals surface area (Å²) < 4.78 is 0. The van der Waals surface area contributed by atoms with Crippen LogP contribution in [0.3, 0.4) is 0 Å². The summed E-state index contributed by atoms with van der Waals surface area (Å²) >= 11 is 12.3. The SMILES string of the molecule is NNc1nc(N2CCC(c3ccccc3)C2)c(Cl)cc1Cl. The highest BCUT2D eigenvalue weighted by Gasteiger charge is 2.26. The van der Waals surface area contributed by atoms with Gasteiger partial charge in [0.2, 0.25) is 0 Å². The molecule has 2 aromatic rings. The number of nitrogens with zero attached hydrogens (tertiary/aromatic N) is 2. The molecule has 1 atom stereocenters. The molecule has 0 aliphatic carbocycles. The molecule has 0 bridgehead atoms. The van der Waals surface area contributed by atoms with E-state index in [9.17, 15) is 0 Å². The Bertz CT molecular complexity index is 633. The lowest BCUT2D eigenvalue weighted by Gasteiger charge is -2.20. The summed E-state index contributed by atoms with van der Waals surface area (Å²) in [6.07, 6.45) is 1.08. The highest BCUT2D eigenvalue weighted by Crippen LogP contribution is 2.36. The Kier molecular flexibility index (Phi) is 4.19. The number of hydrazine groups is 1. The number of aromatic nitrogens is 1. The van der Waals surface area contributed by atoms with Crippen molar-refractivity contribution in [3.8, 4) is 0 Å². The van der Waals surface area contributed by atoms with E-state index < -0.39 is 0 Å². The molecule has 1 aromatic heterocycles. The minimum absolute atomic E-state index is 0.421. The fourth-order valence-corrected chi connectivity index (χ4v) is 3.26. The average molecular weight is 323 g/mol. The van der Waals surface area contributed by atoms with Gasteiger partial charge in [-0.05, 0) is 18.1 Å². The van der Waals surface area contributed by atoms with Gasteiger partial charge in [-0.25, -0.2) is 10.8 Å². The van der Waals surface area contributed by atoms with Gasteiger partial charge in [-0.3, -0.25) is 0 Å². The maximum atomic E-state index is 6.28. The van der Waals surface area contributed by atoms with E-state index in [1.807, 2.05) is 6.07 Å². The first-order valence-electron chi connectivity index (χ1n) is 6.81. The van der Waals surface area contributed by atoms with Gasteiger partial charge in [-0.15, -0.1) is 0 Å². The van der Waals surface area contributed by atoms with Crippen molar-refractivity contribution in [1.29, 1.82) is 0 Å². The van der Waals surface area contributed by atoms with Gasteiger partial charge in [-0.1, -0.05) is 53.5 Å². The van der Waals surface area contributed by atoms with Crippen LogP contribution in [0.15, 0.2) is 36.4 Å². The zero-order valence-corrected chi connectivity index (χ0v) is 12.9. The van der Waals surface area contributed by atoms with Crippen LogP contribution in [0.2, 0.25) is 10.0 Å². The molecule has 0 radical (unpaired) electrons. The zero-order chi connectivity index (χ0) is 14.8. The maximum Gasteiger partial charge on any atom is 0.161 e. The van der Waals surface area contributed by atoms with E-state index in [-0.39, 0.29) is 0 Å². The van der Waals surface area contributed by atoms with Crippen LogP contribution >= 0.6 is 23.2 Å². The molecule has 1 unspecified atom stereocenters. The van der Waals surface area contributed by atoms with Gasteiger partial charge in [0.25, 0.3) is 0 Å². The molecule has 0 saturated carbocycles. The highest BCUT2D eigenvalue weighted by molar-refractivity contribution is 6.37. The molecule has 6 heteroatoms. The average Bonchev–Trinajstić information content (AvgIpc) is 2.98. The lowest BCUT2D eigenvalue weighted by molar-refractivity contribution is 0.774. The van der Waals surface area contributed by atoms with E-state index in [4.69, 9.17) is 29.0 Å². The van der Waals surface area contributed by atoms with Crippen LogP contribution in [0, 0.1) is 0 Å². The number of pyridine rings is 1. The predicted molar refractivity (Wildman–Crippen MR) is 88.1 cm³/mol. The summed E-state index contributed by atoms with van der Waals surface area (Å²) in [5.41, 5.74) is 3.85. The van der Waals surface area contributed by atoms with Crippen molar-refractivity contribution in [2.24, 2.45) is 5.84 Å². The summed E-state index contributed by atoms with van der Waals surface area (Å²) in [5.74, 6) is 7.10. The molecule has 2 heterocycles. The summed E-state index contributed by atoms with van der Waals surface area (Å²) in [5, 5.41) is 0.970. The second kappa shape index (κ2) is 6.10. The third kappa shape index (κ3) is 2.93. The van der Waals surface area contributed by atoms with Gasteiger partial charge >= 0.3 is 0 Å². The van der Waals surface area contributed by atoms with Crippen molar-refractivity contribution < 1.29 is 0 Å². The van der Waals surface area contributed by atoms with Gasteiger partial charge < -0.3 is 10.3 Å². The molecular weight excluding hydrogens is 307 g/mol. The van der Waals surface area contributed by atoms with Crippen LogP contribution in [-0.2, 0) is 0 Å². The van der Waals surface area contributed by atoms with Crippen LogP contribution in [-0.4, -0.2) is 18.1 Å². The number of hydrogen-bond acceptors (Lipinski definition) is 4. The van der Waals surface area contributed by atoms with Crippen molar-refractivity contribution in [3.05, 3.63) is 52.0 Å². The van der Waals surface area contributed by atoms with E-state index in [0.29, 0.717) is 21.8 Å². The van der Waals surface area contributed by atoms with Crippen molar-refractivity contribution in [1.82, 2.24) is 4.98 Å². The van der Waals surface area contributed by atoms with Crippen LogP contribution in [0.4, 0.5) is 11.6 Å². The number of nitrogens with two attached hydrogens (primary N) is 1. The van der Waals surface area contributed by atoms with Gasteiger partial charge in [-0.2, -0.15) is 0 Å². The Labute approximate surface area is 133 Å². The molecule has 1 saturated heterocycles. The third-order valence-electron chi connectivity index (χ3n) is 3.81.